The second kappa shape index (κ2) is 7.89. The zero-order valence-corrected chi connectivity index (χ0v) is 15.9. The van der Waals surface area contributed by atoms with Gasteiger partial charge in [0.25, 0.3) is 0 Å². The van der Waals surface area contributed by atoms with E-state index in [0.717, 1.165) is 28.1 Å². The highest BCUT2D eigenvalue weighted by atomic mass is 32.2. The topological polar surface area (TPSA) is 76.0 Å². The minimum absolute atomic E-state index is 0.0368. The van der Waals surface area contributed by atoms with Gasteiger partial charge in [0.15, 0.2) is 0 Å². The van der Waals surface area contributed by atoms with Crippen molar-refractivity contribution in [3.8, 4) is 22.4 Å². The number of nitrogens with zero attached hydrogens (tertiary/aromatic N) is 2. The van der Waals surface area contributed by atoms with Crippen LogP contribution in [0.25, 0.3) is 22.4 Å². The largest absolute Gasteiger partial charge is 0.383 e. The van der Waals surface area contributed by atoms with E-state index in [9.17, 15) is 12.8 Å². The van der Waals surface area contributed by atoms with Gasteiger partial charge in [-0.3, -0.25) is 4.68 Å². The van der Waals surface area contributed by atoms with Crippen LogP contribution in [0.2, 0.25) is 0 Å². The van der Waals surface area contributed by atoms with Crippen molar-refractivity contribution in [2.45, 2.75) is 0 Å². The minimum Gasteiger partial charge on any atom is -0.383 e. The van der Waals surface area contributed by atoms with E-state index in [1.54, 1.807) is 16.8 Å². The lowest BCUT2D eigenvalue weighted by Gasteiger charge is -2.13. The van der Waals surface area contributed by atoms with E-state index in [0.29, 0.717) is 0 Å². The molecule has 0 amide bonds. The third kappa shape index (κ3) is 4.72. The number of nitrogens with one attached hydrogen (secondary N) is 2. The summed E-state index contributed by atoms with van der Waals surface area (Å²) in [5.41, 5.74) is 4.20. The van der Waals surface area contributed by atoms with E-state index < -0.39 is 10.0 Å². The van der Waals surface area contributed by atoms with Crippen molar-refractivity contribution in [1.29, 1.82) is 0 Å². The molecule has 0 fully saturated rings. The Morgan fingerprint density at radius 3 is 2.41 bits per heavy atom. The first-order chi connectivity index (χ1) is 12.9. The van der Waals surface area contributed by atoms with Crippen LogP contribution in [0, 0.1) is 5.82 Å². The third-order valence-electron chi connectivity index (χ3n) is 4.18. The zero-order chi connectivity index (χ0) is 19.4. The molecule has 27 heavy (non-hydrogen) atoms. The number of halogens is 1. The number of rotatable bonds is 7. The second-order valence-electron chi connectivity index (χ2n) is 6.09. The van der Waals surface area contributed by atoms with Gasteiger partial charge in [-0.15, -0.1) is 0 Å². The van der Waals surface area contributed by atoms with Crippen LogP contribution in [0.15, 0.2) is 54.7 Å². The molecule has 6 nitrogen and oxygen atoms in total. The van der Waals surface area contributed by atoms with E-state index in [1.165, 1.54) is 19.2 Å². The second-order valence-corrected chi connectivity index (χ2v) is 8.14. The molecule has 0 unspecified atom stereocenters. The zero-order valence-electron chi connectivity index (χ0n) is 15.1. The maximum atomic E-state index is 13.2. The fourth-order valence-electron chi connectivity index (χ4n) is 2.71. The smallest absolute Gasteiger partial charge is 0.213 e. The predicted octanol–water partition coefficient (Wildman–Crippen LogP) is 2.85. The summed E-state index contributed by atoms with van der Waals surface area (Å²) in [5.74, 6) is -0.321. The summed E-state index contributed by atoms with van der Waals surface area (Å²) >= 11 is 0. The van der Waals surface area contributed by atoms with Crippen molar-refractivity contribution < 1.29 is 12.8 Å². The van der Waals surface area contributed by atoms with Crippen LogP contribution < -0.4 is 10.0 Å². The number of benzene rings is 2. The molecule has 2 N–H and O–H groups in total. The molecule has 0 bridgehead atoms. The van der Waals surface area contributed by atoms with E-state index in [4.69, 9.17) is 0 Å². The molecular formula is C19H21FN4O2S. The molecule has 0 aliphatic carbocycles. The average Bonchev–Trinajstić information content (AvgIpc) is 3.09. The van der Waals surface area contributed by atoms with Gasteiger partial charge in [0.1, 0.15) is 5.82 Å². The molecule has 3 rings (SSSR count). The molecule has 1 heterocycles. The first-order valence-electron chi connectivity index (χ1n) is 8.43. The van der Waals surface area contributed by atoms with E-state index in [-0.39, 0.29) is 18.1 Å². The molecular weight excluding hydrogens is 367 g/mol. The van der Waals surface area contributed by atoms with Gasteiger partial charge >= 0.3 is 0 Å². The molecule has 1 aromatic heterocycles. The monoisotopic (exact) mass is 388 g/mol. The molecule has 0 saturated carbocycles. The molecule has 0 aliphatic rings. The van der Waals surface area contributed by atoms with Crippen molar-refractivity contribution >= 4 is 15.7 Å². The van der Waals surface area contributed by atoms with Gasteiger partial charge in [-0.25, -0.2) is 17.5 Å². The number of hydrogen-bond acceptors (Lipinski definition) is 4. The van der Waals surface area contributed by atoms with Gasteiger partial charge in [-0.2, -0.15) is 5.10 Å². The third-order valence-corrected chi connectivity index (χ3v) is 5.55. The number of aryl methyl sites for hydroxylation is 1. The van der Waals surface area contributed by atoms with Crippen LogP contribution in [-0.2, 0) is 17.1 Å². The Balaban J connectivity index is 1.94. The summed E-state index contributed by atoms with van der Waals surface area (Å²) < 4.78 is 40.4. The quantitative estimate of drug-likeness (QED) is 0.653. The van der Waals surface area contributed by atoms with Crippen molar-refractivity contribution in [2.75, 3.05) is 24.7 Å². The molecule has 0 aliphatic heterocycles. The van der Waals surface area contributed by atoms with Gasteiger partial charge in [0.2, 0.25) is 10.0 Å². The Morgan fingerprint density at radius 2 is 1.78 bits per heavy atom. The number of anilines is 1. The Bertz CT molecular complexity index is 1030. The Labute approximate surface area is 158 Å². The summed E-state index contributed by atoms with van der Waals surface area (Å²) in [6, 6.07) is 13.9. The van der Waals surface area contributed by atoms with Crippen molar-refractivity contribution in [2.24, 2.45) is 7.05 Å². The summed E-state index contributed by atoms with van der Waals surface area (Å²) in [4.78, 5) is 0. The highest BCUT2D eigenvalue weighted by Crippen LogP contribution is 2.32. The van der Waals surface area contributed by atoms with Gasteiger partial charge in [-0.1, -0.05) is 18.2 Å². The summed E-state index contributed by atoms with van der Waals surface area (Å²) in [7, 11) is -0.0578. The lowest BCUT2D eigenvalue weighted by molar-refractivity contribution is 0.588. The molecule has 0 saturated heterocycles. The molecule has 2 aromatic carbocycles. The predicted molar refractivity (Wildman–Crippen MR) is 105 cm³/mol. The number of sulfonamides is 1. The molecule has 142 valence electrons. The molecule has 8 heteroatoms. The summed E-state index contributed by atoms with van der Waals surface area (Å²) in [6.45, 7) is 0.263. The lowest BCUT2D eigenvalue weighted by atomic mass is 10.00. The van der Waals surface area contributed by atoms with Crippen LogP contribution in [0.4, 0.5) is 10.1 Å². The fraction of sp³-hybridized carbons (Fsp3) is 0.211. The Hall–Kier alpha value is -2.71. The lowest BCUT2D eigenvalue weighted by Crippen LogP contribution is -2.26. The van der Waals surface area contributed by atoms with Crippen LogP contribution in [0.5, 0.6) is 0 Å². The van der Waals surface area contributed by atoms with E-state index >= 15 is 0 Å². The molecule has 3 aromatic rings. The van der Waals surface area contributed by atoms with Gasteiger partial charge in [0, 0.05) is 31.0 Å². The van der Waals surface area contributed by atoms with Crippen LogP contribution in [0.1, 0.15) is 0 Å². The Morgan fingerprint density at radius 1 is 1.07 bits per heavy atom. The highest BCUT2D eigenvalue weighted by molar-refractivity contribution is 7.89. The average molecular weight is 388 g/mol. The van der Waals surface area contributed by atoms with Crippen molar-refractivity contribution in [3.05, 3.63) is 60.5 Å². The fourth-order valence-corrected chi connectivity index (χ4v) is 3.29. The number of hydrogen-bond donors (Lipinski definition) is 2. The van der Waals surface area contributed by atoms with Crippen LogP contribution in [-0.4, -0.2) is 37.5 Å². The highest BCUT2D eigenvalue weighted by Gasteiger charge is 2.12. The molecule has 0 radical (unpaired) electrons. The van der Waals surface area contributed by atoms with Crippen LogP contribution >= 0.6 is 0 Å². The maximum Gasteiger partial charge on any atom is 0.213 e. The standard InChI is InChI=1S/C19H21FN4O2S/c1-21-27(25,26)12-10-22-18-8-5-15(14-3-6-16(20)7-4-14)13-17(18)19-9-11-24(2)23-19/h3-9,11,13,21-22H,10,12H2,1-2H3. The minimum atomic E-state index is -3.29. The van der Waals surface area contributed by atoms with Gasteiger partial charge in [-0.05, 0) is 48.5 Å². The van der Waals surface area contributed by atoms with Crippen LogP contribution in [0.3, 0.4) is 0 Å². The van der Waals surface area contributed by atoms with E-state index in [2.05, 4.69) is 15.1 Å². The Kier molecular flexibility index (Phi) is 5.57. The summed E-state index contributed by atoms with van der Waals surface area (Å²) in [5, 5.41) is 7.62. The normalized spacial score (nSPS) is 11.5. The van der Waals surface area contributed by atoms with Gasteiger partial charge < -0.3 is 5.32 Å². The number of aromatic nitrogens is 2. The molecule has 0 atom stereocenters. The van der Waals surface area contributed by atoms with Crippen molar-refractivity contribution in [3.63, 3.8) is 0 Å². The SMILES string of the molecule is CNS(=O)(=O)CCNc1ccc(-c2ccc(F)cc2)cc1-c1ccn(C)n1. The van der Waals surface area contributed by atoms with E-state index in [1.807, 2.05) is 37.5 Å². The maximum absolute atomic E-state index is 13.2. The first kappa shape index (κ1) is 19.1. The summed E-state index contributed by atoms with van der Waals surface area (Å²) in [6.07, 6.45) is 1.84. The molecule has 0 spiro atoms. The van der Waals surface area contributed by atoms with Crippen molar-refractivity contribution in [1.82, 2.24) is 14.5 Å². The van der Waals surface area contributed by atoms with Gasteiger partial charge in [0.05, 0.1) is 11.4 Å². The first-order valence-corrected chi connectivity index (χ1v) is 10.1.